The third-order valence-corrected chi connectivity index (χ3v) is 4.30. The molecule has 0 radical (unpaired) electrons. The molecule has 11 heteroatoms. The Morgan fingerprint density at radius 1 is 1.00 bits per heavy atom. The number of halogens is 5. The molecule has 0 aliphatic rings. The molecule has 0 heterocycles. The maximum atomic E-state index is 13.9. The average Bonchev–Trinajstić information content (AvgIpc) is 2.53. The van der Waals surface area contributed by atoms with Crippen LogP contribution in [0.3, 0.4) is 0 Å². The van der Waals surface area contributed by atoms with Crippen LogP contribution in [0.25, 0.3) is 0 Å². The first-order chi connectivity index (χ1) is 12.0. The summed E-state index contributed by atoms with van der Waals surface area (Å²) in [4.78, 5) is 12.0. The van der Waals surface area contributed by atoms with E-state index in [1.165, 1.54) is 0 Å². The molecule has 1 N–H and O–H groups in total. The highest BCUT2D eigenvalue weighted by atomic mass is 32.2. The van der Waals surface area contributed by atoms with Gasteiger partial charge in [-0.1, -0.05) is 0 Å². The zero-order valence-corrected chi connectivity index (χ0v) is 13.9. The molecule has 0 unspecified atom stereocenters. The van der Waals surface area contributed by atoms with Crippen molar-refractivity contribution in [1.82, 2.24) is 0 Å². The van der Waals surface area contributed by atoms with Crippen LogP contribution in [-0.4, -0.2) is 27.1 Å². The number of nitrogens with zero attached hydrogens (tertiary/aromatic N) is 1. The minimum Gasteiger partial charge on any atom is -0.322 e. The van der Waals surface area contributed by atoms with Crippen molar-refractivity contribution in [2.45, 2.75) is 0 Å². The Hall–Kier alpha value is -2.69. The molecule has 1 amide bonds. The van der Waals surface area contributed by atoms with Crippen LogP contribution >= 0.6 is 0 Å². The van der Waals surface area contributed by atoms with E-state index < -0.39 is 62.9 Å². The smallest absolute Gasteiger partial charge is 0.245 e. The van der Waals surface area contributed by atoms with E-state index in [2.05, 4.69) is 0 Å². The van der Waals surface area contributed by atoms with Gasteiger partial charge in [0, 0.05) is 6.07 Å². The first kappa shape index (κ1) is 19.6. The number of benzene rings is 2. The molecular weight excluding hydrogens is 383 g/mol. The van der Waals surface area contributed by atoms with Crippen LogP contribution in [0.15, 0.2) is 30.3 Å². The van der Waals surface area contributed by atoms with Gasteiger partial charge in [0.15, 0.2) is 17.5 Å². The Bertz CT molecular complexity index is 966. The molecule has 0 saturated carbocycles. The quantitative estimate of drug-likeness (QED) is 0.627. The topological polar surface area (TPSA) is 66.5 Å². The summed E-state index contributed by atoms with van der Waals surface area (Å²) in [5.74, 6) is -8.41. The second-order valence-corrected chi connectivity index (χ2v) is 7.04. The molecule has 0 aliphatic heterocycles. The summed E-state index contributed by atoms with van der Waals surface area (Å²) in [5, 5.41) is 1.98. The Balaban J connectivity index is 2.32. The standard InChI is InChI=1S/C15H11F5N2O3S/c1-26(24,25)22(12-5-3-9(17)14(19)15(12)20)7-13(23)21-11-4-2-8(16)6-10(11)18/h2-6H,7H2,1H3,(H,21,23). The van der Waals surface area contributed by atoms with Crippen molar-refractivity contribution in [2.75, 3.05) is 22.4 Å². The van der Waals surface area contributed by atoms with Crippen LogP contribution < -0.4 is 9.62 Å². The fourth-order valence-corrected chi connectivity index (χ4v) is 2.85. The van der Waals surface area contributed by atoms with Gasteiger partial charge in [-0.3, -0.25) is 9.10 Å². The zero-order valence-electron chi connectivity index (χ0n) is 13.1. The van der Waals surface area contributed by atoms with Crippen molar-refractivity contribution in [1.29, 1.82) is 0 Å². The van der Waals surface area contributed by atoms with E-state index in [0.717, 1.165) is 12.1 Å². The van der Waals surface area contributed by atoms with Gasteiger partial charge in [0.2, 0.25) is 15.9 Å². The molecule has 5 nitrogen and oxygen atoms in total. The van der Waals surface area contributed by atoms with E-state index in [0.29, 0.717) is 24.5 Å². The first-order valence-electron chi connectivity index (χ1n) is 6.87. The Kier molecular flexibility index (Phi) is 5.50. The number of hydrogen-bond acceptors (Lipinski definition) is 3. The maximum absolute atomic E-state index is 13.9. The Morgan fingerprint density at radius 3 is 2.23 bits per heavy atom. The number of carbonyl (C=O) groups excluding carboxylic acids is 1. The number of rotatable bonds is 5. The third kappa shape index (κ3) is 4.28. The lowest BCUT2D eigenvalue weighted by Gasteiger charge is -2.22. The van der Waals surface area contributed by atoms with Crippen molar-refractivity contribution < 1.29 is 35.2 Å². The van der Waals surface area contributed by atoms with Gasteiger partial charge in [0.05, 0.1) is 17.6 Å². The SMILES string of the molecule is CS(=O)(=O)N(CC(=O)Nc1ccc(F)cc1F)c1ccc(F)c(F)c1F. The van der Waals surface area contributed by atoms with Gasteiger partial charge < -0.3 is 5.32 Å². The Labute approximate surface area is 145 Å². The molecule has 2 aromatic carbocycles. The van der Waals surface area contributed by atoms with E-state index >= 15 is 0 Å². The van der Waals surface area contributed by atoms with Gasteiger partial charge in [-0.25, -0.2) is 30.4 Å². The van der Waals surface area contributed by atoms with Crippen molar-refractivity contribution in [3.8, 4) is 0 Å². The summed E-state index contributed by atoms with van der Waals surface area (Å²) >= 11 is 0. The summed E-state index contributed by atoms with van der Waals surface area (Å²) in [6.45, 7) is -1.06. The molecule has 140 valence electrons. The van der Waals surface area contributed by atoms with Crippen molar-refractivity contribution in [2.24, 2.45) is 0 Å². The summed E-state index contributed by atoms with van der Waals surface area (Å²) in [6.07, 6.45) is 0.611. The first-order valence-corrected chi connectivity index (χ1v) is 8.71. The minimum absolute atomic E-state index is 0.182. The van der Waals surface area contributed by atoms with Crippen molar-refractivity contribution >= 4 is 27.3 Å². The lowest BCUT2D eigenvalue weighted by atomic mass is 10.2. The molecule has 0 atom stereocenters. The number of carbonyl (C=O) groups is 1. The normalized spacial score (nSPS) is 11.3. The van der Waals surface area contributed by atoms with Crippen LogP contribution in [0, 0.1) is 29.1 Å². The lowest BCUT2D eigenvalue weighted by Crippen LogP contribution is -2.38. The highest BCUT2D eigenvalue weighted by Gasteiger charge is 2.27. The molecule has 0 saturated heterocycles. The van der Waals surface area contributed by atoms with Crippen molar-refractivity contribution in [3.63, 3.8) is 0 Å². The Morgan fingerprint density at radius 2 is 1.65 bits per heavy atom. The molecule has 0 aromatic heterocycles. The number of nitrogens with one attached hydrogen (secondary N) is 1. The summed E-state index contributed by atoms with van der Waals surface area (Å²) in [7, 11) is -4.28. The minimum atomic E-state index is -4.28. The number of amides is 1. The molecule has 26 heavy (non-hydrogen) atoms. The van der Waals surface area contributed by atoms with Gasteiger partial charge in [-0.2, -0.15) is 0 Å². The predicted octanol–water partition coefficient (Wildman–Crippen LogP) is 2.79. The third-order valence-electron chi connectivity index (χ3n) is 3.18. The van der Waals surface area contributed by atoms with Gasteiger partial charge in [0.25, 0.3) is 0 Å². The molecule has 2 aromatic rings. The van der Waals surface area contributed by atoms with Crippen LogP contribution in [0.4, 0.5) is 33.3 Å². The van der Waals surface area contributed by atoms with Gasteiger partial charge in [-0.05, 0) is 24.3 Å². The summed E-state index contributed by atoms with van der Waals surface area (Å²) in [5.41, 5.74) is -1.35. The van der Waals surface area contributed by atoms with E-state index in [9.17, 15) is 35.2 Å². The highest BCUT2D eigenvalue weighted by Crippen LogP contribution is 2.25. The lowest BCUT2D eigenvalue weighted by molar-refractivity contribution is -0.114. The molecule has 0 aliphatic carbocycles. The number of sulfonamides is 1. The number of anilines is 2. The van der Waals surface area contributed by atoms with Gasteiger partial charge in [-0.15, -0.1) is 0 Å². The zero-order chi connectivity index (χ0) is 19.6. The largest absolute Gasteiger partial charge is 0.322 e. The van der Waals surface area contributed by atoms with Crippen molar-refractivity contribution in [3.05, 3.63) is 59.4 Å². The van der Waals surface area contributed by atoms with Crippen LogP contribution in [0.2, 0.25) is 0 Å². The fraction of sp³-hybridized carbons (Fsp3) is 0.133. The van der Waals surface area contributed by atoms with E-state index in [4.69, 9.17) is 0 Å². The van der Waals surface area contributed by atoms with Gasteiger partial charge in [0.1, 0.15) is 18.2 Å². The van der Waals surface area contributed by atoms with Crippen LogP contribution in [0.1, 0.15) is 0 Å². The maximum Gasteiger partial charge on any atom is 0.245 e. The molecule has 0 bridgehead atoms. The molecule has 0 fully saturated rings. The monoisotopic (exact) mass is 394 g/mol. The second kappa shape index (κ2) is 7.28. The summed E-state index contributed by atoms with van der Waals surface area (Å²) < 4.78 is 90.4. The summed E-state index contributed by atoms with van der Waals surface area (Å²) in [6, 6.07) is 3.36. The van der Waals surface area contributed by atoms with Gasteiger partial charge >= 0.3 is 0 Å². The van der Waals surface area contributed by atoms with Crippen LogP contribution in [0.5, 0.6) is 0 Å². The fourth-order valence-electron chi connectivity index (χ4n) is 2.00. The van der Waals surface area contributed by atoms with E-state index in [1.54, 1.807) is 0 Å². The molecule has 0 spiro atoms. The highest BCUT2D eigenvalue weighted by molar-refractivity contribution is 7.92. The average molecular weight is 394 g/mol. The molecular formula is C15H11F5N2O3S. The number of hydrogen-bond donors (Lipinski definition) is 1. The molecule has 2 rings (SSSR count). The van der Waals surface area contributed by atoms with E-state index in [1.807, 2.05) is 5.32 Å². The predicted molar refractivity (Wildman–Crippen MR) is 83.5 cm³/mol. The van der Waals surface area contributed by atoms with E-state index in [-0.39, 0.29) is 4.31 Å². The second-order valence-electron chi connectivity index (χ2n) is 5.14. The van der Waals surface area contributed by atoms with Crippen LogP contribution in [-0.2, 0) is 14.8 Å².